The van der Waals surface area contributed by atoms with E-state index in [9.17, 15) is 0 Å². The highest BCUT2D eigenvalue weighted by Crippen LogP contribution is 2.32. The van der Waals surface area contributed by atoms with Gasteiger partial charge in [0.25, 0.3) is 0 Å². The van der Waals surface area contributed by atoms with E-state index in [0.717, 1.165) is 11.2 Å². The second-order valence-electron chi connectivity index (χ2n) is 4.49. The highest BCUT2D eigenvalue weighted by Gasteiger charge is 2.17. The maximum atomic E-state index is 4.31. The number of allylic oxidation sites excluding steroid dienone is 1. The Morgan fingerprint density at radius 3 is 2.81 bits per heavy atom. The molecule has 1 saturated carbocycles. The largest absolute Gasteiger partial charge is 0.249 e. The summed E-state index contributed by atoms with van der Waals surface area (Å²) < 4.78 is 0. The Morgan fingerprint density at radius 2 is 2.25 bits per heavy atom. The van der Waals surface area contributed by atoms with Crippen LogP contribution in [-0.4, -0.2) is 10.3 Å². The van der Waals surface area contributed by atoms with E-state index in [1.54, 1.807) is 16.9 Å². The van der Waals surface area contributed by atoms with Crippen LogP contribution in [0.3, 0.4) is 0 Å². The molecule has 3 heteroatoms. The number of rotatable bonds is 3. The maximum Gasteiger partial charge on any atom is 0.0801 e. The van der Waals surface area contributed by atoms with Crippen molar-refractivity contribution in [3.05, 3.63) is 21.7 Å². The van der Waals surface area contributed by atoms with Crippen molar-refractivity contribution in [3.8, 4) is 0 Å². The highest BCUT2D eigenvalue weighted by atomic mass is 79.9. The van der Waals surface area contributed by atoms with Gasteiger partial charge >= 0.3 is 0 Å². The lowest BCUT2D eigenvalue weighted by atomic mass is 9.84. The predicted octanol–water partition coefficient (Wildman–Crippen LogP) is 4.81. The lowest BCUT2D eigenvalue weighted by molar-refractivity contribution is 0.405. The van der Waals surface area contributed by atoms with Gasteiger partial charge in [-0.3, -0.25) is 0 Å². The Bertz CT molecular complexity index is 364. The van der Waals surface area contributed by atoms with E-state index in [1.165, 1.54) is 42.7 Å². The fourth-order valence-corrected chi connectivity index (χ4v) is 3.74. The number of alkyl halides is 1. The molecule has 0 amide bonds. The van der Waals surface area contributed by atoms with Crippen LogP contribution in [0.4, 0.5) is 0 Å². The van der Waals surface area contributed by atoms with Gasteiger partial charge in [0.05, 0.1) is 11.2 Å². The summed E-state index contributed by atoms with van der Waals surface area (Å²) >= 11 is 5.39. The van der Waals surface area contributed by atoms with Crippen LogP contribution in [0, 0.1) is 12.8 Å². The zero-order valence-electron chi connectivity index (χ0n) is 9.71. The molecule has 0 N–H and O–H groups in total. The molecule has 1 aliphatic carbocycles. The molecule has 88 valence electrons. The molecular weight excluding hydrogens is 282 g/mol. The summed E-state index contributed by atoms with van der Waals surface area (Å²) in [6.45, 7) is 2.09. The monoisotopic (exact) mass is 299 g/mol. The zero-order chi connectivity index (χ0) is 11.4. The molecule has 0 radical (unpaired) electrons. The highest BCUT2D eigenvalue weighted by molar-refractivity contribution is 9.09. The van der Waals surface area contributed by atoms with Crippen molar-refractivity contribution in [2.45, 2.75) is 39.0 Å². The molecule has 16 heavy (non-hydrogen) atoms. The topological polar surface area (TPSA) is 12.9 Å². The molecule has 0 aliphatic heterocycles. The van der Waals surface area contributed by atoms with Gasteiger partial charge in [-0.25, -0.2) is 4.98 Å². The number of halogens is 1. The van der Waals surface area contributed by atoms with Crippen LogP contribution in [0.2, 0.25) is 0 Å². The van der Waals surface area contributed by atoms with Gasteiger partial charge in [0.2, 0.25) is 0 Å². The standard InChI is InChI=1S/C13H18BrNS/c1-10-13(16-9-15-10)7-12(8-14)11-5-3-2-4-6-11/h7,9,11H,2-6,8H2,1H3. The molecular formula is C13H18BrNS. The van der Waals surface area contributed by atoms with Gasteiger partial charge in [-0.05, 0) is 31.8 Å². The van der Waals surface area contributed by atoms with Gasteiger partial charge in [0.1, 0.15) is 0 Å². The number of nitrogens with zero attached hydrogens (tertiary/aromatic N) is 1. The molecule has 1 fully saturated rings. The minimum Gasteiger partial charge on any atom is -0.249 e. The molecule has 1 heterocycles. The van der Waals surface area contributed by atoms with E-state index in [0.29, 0.717) is 0 Å². The number of aromatic nitrogens is 1. The first-order valence-electron chi connectivity index (χ1n) is 5.97. The molecule has 1 aliphatic rings. The first kappa shape index (κ1) is 12.3. The van der Waals surface area contributed by atoms with Crippen molar-refractivity contribution in [2.75, 3.05) is 5.33 Å². The summed E-state index contributed by atoms with van der Waals surface area (Å²) in [4.78, 5) is 5.64. The fourth-order valence-electron chi connectivity index (χ4n) is 2.36. The van der Waals surface area contributed by atoms with E-state index < -0.39 is 0 Å². The van der Waals surface area contributed by atoms with Gasteiger partial charge in [0.15, 0.2) is 0 Å². The first-order chi connectivity index (χ1) is 7.81. The molecule has 0 aromatic carbocycles. The van der Waals surface area contributed by atoms with Crippen LogP contribution < -0.4 is 0 Å². The second kappa shape index (κ2) is 5.97. The Kier molecular flexibility index (Phi) is 4.59. The third-order valence-electron chi connectivity index (χ3n) is 3.38. The van der Waals surface area contributed by atoms with Gasteiger partial charge < -0.3 is 0 Å². The van der Waals surface area contributed by atoms with Gasteiger partial charge in [0, 0.05) is 10.2 Å². The van der Waals surface area contributed by atoms with Crippen molar-refractivity contribution in [1.82, 2.24) is 4.98 Å². The van der Waals surface area contributed by atoms with E-state index in [2.05, 4.69) is 33.9 Å². The third-order valence-corrected chi connectivity index (χ3v) is 4.91. The van der Waals surface area contributed by atoms with Crippen LogP contribution in [0.1, 0.15) is 42.7 Å². The number of thiazole rings is 1. The number of aryl methyl sites for hydroxylation is 1. The Labute approximate surface area is 110 Å². The molecule has 1 nitrogen and oxygen atoms in total. The van der Waals surface area contributed by atoms with Crippen molar-refractivity contribution >= 4 is 33.3 Å². The van der Waals surface area contributed by atoms with E-state index >= 15 is 0 Å². The van der Waals surface area contributed by atoms with Crippen LogP contribution in [0.25, 0.3) is 6.08 Å². The molecule has 0 saturated heterocycles. The Morgan fingerprint density at radius 1 is 1.50 bits per heavy atom. The summed E-state index contributed by atoms with van der Waals surface area (Å²) in [5.74, 6) is 0.801. The van der Waals surface area contributed by atoms with Crippen LogP contribution in [0.5, 0.6) is 0 Å². The average molecular weight is 300 g/mol. The Hall–Kier alpha value is -0.150. The summed E-state index contributed by atoms with van der Waals surface area (Å²) in [5, 5.41) is 1.01. The van der Waals surface area contributed by atoms with E-state index in [1.807, 2.05) is 5.51 Å². The summed E-state index contributed by atoms with van der Waals surface area (Å²) in [6, 6.07) is 0. The average Bonchev–Trinajstić information content (AvgIpc) is 2.73. The van der Waals surface area contributed by atoms with Crippen molar-refractivity contribution < 1.29 is 0 Å². The molecule has 1 aromatic heterocycles. The minimum absolute atomic E-state index is 0.801. The SMILES string of the molecule is Cc1ncsc1C=C(CBr)C1CCCCC1. The smallest absolute Gasteiger partial charge is 0.0801 e. The van der Waals surface area contributed by atoms with E-state index in [-0.39, 0.29) is 0 Å². The fraction of sp³-hybridized carbons (Fsp3) is 0.615. The summed E-state index contributed by atoms with van der Waals surface area (Å²) in [5.41, 5.74) is 4.67. The van der Waals surface area contributed by atoms with Gasteiger partial charge in [-0.2, -0.15) is 0 Å². The zero-order valence-corrected chi connectivity index (χ0v) is 12.1. The van der Waals surface area contributed by atoms with Gasteiger partial charge in [-0.15, -0.1) is 11.3 Å². The number of hydrogen-bond donors (Lipinski definition) is 0. The van der Waals surface area contributed by atoms with Crippen molar-refractivity contribution in [3.63, 3.8) is 0 Å². The van der Waals surface area contributed by atoms with E-state index in [4.69, 9.17) is 0 Å². The Balaban J connectivity index is 2.14. The molecule has 1 aromatic rings. The first-order valence-corrected chi connectivity index (χ1v) is 7.98. The summed E-state index contributed by atoms with van der Waals surface area (Å²) in [6.07, 6.45) is 9.32. The molecule has 2 rings (SSSR count). The summed E-state index contributed by atoms with van der Waals surface area (Å²) in [7, 11) is 0. The minimum atomic E-state index is 0.801. The third kappa shape index (κ3) is 2.95. The molecule has 0 spiro atoms. The van der Waals surface area contributed by atoms with Crippen molar-refractivity contribution in [1.29, 1.82) is 0 Å². The molecule has 0 unspecified atom stereocenters. The van der Waals surface area contributed by atoms with Crippen LogP contribution in [0.15, 0.2) is 11.1 Å². The second-order valence-corrected chi connectivity index (χ2v) is 5.94. The normalized spacial score (nSPS) is 19.0. The predicted molar refractivity (Wildman–Crippen MR) is 75.2 cm³/mol. The molecule has 0 bridgehead atoms. The maximum absolute atomic E-state index is 4.31. The van der Waals surface area contributed by atoms with Gasteiger partial charge in [-0.1, -0.05) is 40.8 Å². The molecule has 0 atom stereocenters. The quantitative estimate of drug-likeness (QED) is 0.730. The lowest BCUT2D eigenvalue weighted by Gasteiger charge is -2.23. The van der Waals surface area contributed by atoms with Crippen LogP contribution in [-0.2, 0) is 0 Å². The number of hydrogen-bond acceptors (Lipinski definition) is 2. The van der Waals surface area contributed by atoms with Crippen molar-refractivity contribution in [2.24, 2.45) is 5.92 Å². The van der Waals surface area contributed by atoms with Crippen LogP contribution >= 0.6 is 27.3 Å². The lowest BCUT2D eigenvalue weighted by Crippen LogP contribution is -2.10.